The van der Waals surface area contributed by atoms with Gasteiger partial charge in [-0.15, -0.1) is 0 Å². The lowest BCUT2D eigenvalue weighted by Crippen LogP contribution is -2.33. The second-order valence-corrected chi connectivity index (χ2v) is 8.47. The molecule has 130 valence electrons. The van der Waals surface area contributed by atoms with E-state index in [0.717, 1.165) is 30.3 Å². The third kappa shape index (κ3) is 2.87. The molecular weight excluding hydrogens is 332 g/mol. The largest absolute Gasteiger partial charge is 0.358 e. The van der Waals surface area contributed by atoms with Crippen molar-refractivity contribution in [3.63, 3.8) is 0 Å². The summed E-state index contributed by atoms with van der Waals surface area (Å²) in [4.78, 5) is 3.85. The number of nitrogens with one attached hydrogen (secondary N) is 1. The smallest absolute Gasteiger partial charge is 0.243 e. The lowest BCUT2D eigenvalue weighted by atomic mass is 10.1. The van der Waals surface area contributed by atoms with Crippen LogP contribution in [0.2, 0.25) is 0 Å². The van der Waals surface area contributed by atoms with Crippen LogP contribution < -0.4 is 0 Å². The van der Waals surface area contributed by atoms with E-state index in [9.17, 15) is 8.42 Å². The number of benzene rings is 2. The number of para-hydroxylation sites is 1. The van der Waals surface area contributed by atoms with E-state index >= 15 is 0 Å². The summed E-state index contributed by atoms with van der Waals surface area (Å²) in [6.45, 7) is 3.10. The summed E-state index contributed by atoms with van der Waals surface area (Å²) in [7, 11) is -3.44. The van der Waals surface area contributed by atoms with Crippen LogP contribution >= 0.6 is 0 Å². The Morgan fingerprint density at radius 2 is 1.72 bits per heavy atom. The van der Waals surface area contributed by atoms with E-state index in [1.165, 1.54) is 16.6 Å². The van der Waals surface area contributed by atoms with Crippen molar-refractivity contribution in [2.45, 2.75) is 31.1 Å². The van der Waals surface area contributed by atoms with Crippen LogP contribution in [0.3, 0.4) is 0 Å². The van der Waals surface area contributed by atoms with Gasteiger partial charge in [0.15, 0.2) is 0 Å². The van der Waals surface area contributed by atoms with Gasteiger partial charge in [-0.1, -0.05) is 37.3 Å². The van der Waals surface area contributed by atoms with Crippen LogP contribution in [0.4, 0.5) is 0 Å². The molecular formula is C20H22N2O2S. The zero-order valence-corrected chi connectivity index (χ0v) is 15.1. The molecule has 0 aliphatic carbocycles. The Morgan fingerprint density at radius 1 is 1.00 bits per heavy atom. The van der Waals surface area contributed by atoms with Crippen molar-refractivity contribution in [2.75, 3.05) is 13.1 Å². The Hall–Kier alpha value is -2.11. The topological polar surface area (TPSA) is 53.2 Å². The van der Waals surface area contributed by atoms with Gasteiger partial charge in [0.05, 0.1) is 4.90 Å². The van der Waals surface area contributed by atoms with Crippen LogP contribution in [0.25, 0.3) is 10.9 Å². The van der Waals surface area contributed by atoms with Gasteiger partial charge < -0.3 is 4.98 Å². The Bertz CT molecular complexity index is 1000. The molecule has 5 heteroatoms. The van der Waals surface area contributed by atoms with Gasteiger partial charge in [0.2, 0.25) is 10.0 Å². The van der Waals surface area contributed by atoms with E-state index < -0.39 is 10.0 Å². The van der Waals surface area contributed by atoms with Crippen LogP contribution in [0, 0.1) is 0 Å². The first kappa shape index (κ1) is 16.4. The van der Waals surface area contributed by atoms with Crippen LogP contribution in [0.15, 0.2) is 53.4 Å². The molecule has 3 aromatic rings. The summed E-state index contributed by atoms with van der Waals surface area (Å²) >= 11 is 0. The van der Waals surface area contributed by atoms with Crippen molar-refractivity contribution in [2.24, 2.45) is 0 Å². The average Bonchev–Trinajstić information content (AvgIpc) is 2.85. The zero-order valence-electron chi connectivity index (χ0n) is 14.3. The molecule has 1 aliphatic rings. The van der Waals surface area contributed by atoms with Crippen LogP contribution in [0.5, 0.6) is 0 Å². The van der Waals surface area contributed by atoms with Crippen molar-refractivity contribution >= 4 is 20.9 Å². The van der Waals surface area contributed by atoms with E-state index in [0.29, 0.717) is 18.0 Å². The second-order valence-electron chi connectivity index (χ2n) is 6.53. The number of fused-ring (bicyclic) bond motifs is 3. The minimum absolute atomic E-state index is 0.389. The maximum atomic E-state index is 13.0. The quantitative estimate of drug-likeness (QED) is 0.782. The van der Waals surface area contributed by atoms with Crippen molar-refractivity contribution in [3.8, 4) is 0 Å². The van der Waals surface area contributed by atoms with Crippen molar-refractivity contribution < 1.29 is 8.42 Å². The Kier molecular flexibility index (Phi) is 4.13. The number of aryl methyl sites for hydroxylation is 1. The molecule has 25 heavy (non-hydrogen) atoms. The molecule has 0 spiro atoms. The van der Waals surface area contributed by atoms with Gasteiger partial charge in [-0.25, -0.2) is 8.42 Å². The number of nitrogens with zero attached hydrogens (tertiary/aromatic N) is 1. The summed E-state index contributed by atoms with van der Waals surface area (Å²) in [6.07, 6.45) is 2.37. The molecule has 2 aromatic carbocycles. The minimum atomic E-state index is -3.44. The van der Waals surface area contributed by atoms with Gasteiger partial charge in [-0.3, -0.25) is 0 Å². The lowest BCUT2D eigenvalue weighted by Gasteiger charge is -2.20. The van der Waals surface area contributed by atoms with E-state index in [2.05, 4.69) is 24.0 Å². The molecule has 4 rings (SSSR count). The molecule has 0 fully saturated rings. The summed E-state index contributed by atoms with van der Waals surface area (Å²) < 4.78 is 27.6. The number of rotatable bonds is 3. The van der Waals surface area contributed by atoms with Gasteiger partial charge in [-0.2, -0.15) is 4.31 Å². The maximum Gasteiger partial charge on any atom is 0.243 e. The summed E-state index contributed by atoms with van der Waals surface area (Å²) in [5, 5.41) is 1.21. The number of aromatic amines is 1. The van der Waals surface area contributed by atoms with Crippen molar-refractivity contribution in [3.05, 3.63) is 65.4 Å². The van der Waals surface area contributed by atoms with Gasteiger partial charge in [0.1, 0.15) is 0 Å². The Balaban J connectivity index is 1.62. The Labute approximate surface area is 148 Å². The first-order valence-corrected chi connectivity index (χ1v) is 10.2. The number of aromatic nitrogens is 1. The molecule has 0 atom stereocenters. The van der Waals surface area contributed by atoms with Gasteiger partial charge in [0, 0.05) is 36.1 Å². The number of sulfonamides is 1. The van der Waals surface area contributed by atoms with Crippen molar-refractivity contribution in [1.29, 1.82) is 0 Å². The number of hydrogen-bond acceptors (Lipinski definition) is 2. The van der Waals surface area contributed by atoms with E-state index in [1.54, 1.807) is 16.4 Å². The summed E-state index contributed by atoms with van der Waals surface area (Å²) in [5.41, 5.74) is 4.71. The summed E-state index contributed by atoms with van der Waals surface area (Å²) in [5.74, 6) is 0. The highest BCUT2D eigenvalue weighted by molar-refractivity contribution is 7.89. The van der Waals surface area contributed by atoms with Crippen LogP contribution in [-0.4, -0.2) is 30.8 Å². The fourth-order valence-electron chi connectivity index (χ4n) is 3.63. The molecule has 0 unspecified atom stereocenters. The standard InChI is InChI=1S/C20H22N2O2S/c1-2-15-7-9-16(10-8-15)25(23,24)22-13-11-18-17-5-3-4-6-19(17)21-20(18)12-14-22/h3-10,21H,2,11-14H2,1H3. The monoisotopic (exact) mass is 354 g/mol. The number of H-pyrrole nitrogens is 1. The van der Waals surface area contributed by atoms with E-state index in [4.69, 9.17) is 0 Å². The molecule has 2 heterocycles. The number of hydrogen-bond donors (Lipinski definition) is 1. The van der Waals surface area contributed by atoms with Crippen LogP contribution in [-0.2, 0) is 29.3 Å². The first-order chi connectivity index (χ1) is 12.1. The fraction of sp³-hybridized carbons (Fsp3) is 0.300. The molecule has 0 bridgehead atoms. The normalized spacial score (nSPS) is 15.9. The highest BCUT2D eigenvalue weighted by atomic mass is 32.2. The SMILES string of the molecule is CCc1ccc(S(=O)(=O)N2CCc3[nH]c4ccccc4c3CC2)cc1. The molecule has 1 N–H and O–H groups in total. The molecule has 4 nitrogen and oxygen atoms in total. The molecule has 0 saturated heterocycles. The van der Waals surface area contributed by atoms with Crippen molar-refractivity contribution in [1.82, 2.24) is 9.29 Å². The third-order valence-corrected chi connectivity index (χ3v) is 7.01. The fourth-order valence-corrected chi connectivity index (χ4v) is 5.07. The highest BCUT2D eigenvalue weighted by Crippen LogP contribution is 2.27. The molecule has 1 aliphatic heterocycles. The molecule has 1 aromatic heterocycles. The predicted octanol–water partition coefficient (Wildman–Crippen LogP) is 3.52. The minimum Gasteiger partial charge on any atom is -0.358 e. The Morgan fingerprint density at radius 3 is 2.48 bits per heavy atom. The average molecular weight is 354 g/mol. The highest BCUT2D eigenvalue weighted by Gasteiger charge is 2.27. The predicted molar refractivity (Wildman–Crippen MR) is 100 cm³/mol. The second kappa shape index (κ2) is 6.32. The van der Waals surface area contributed by atoms with E-state index in [-0.39, 0.29) is 0 Å². The molecule has 0 radical (unpaired) electrons. The lowest BCUT2D eigenvalue weighted by molar-refractivity contribution is 0.426. The van der Waals surface area contributed by atoms with Gasteiger partial charge >= 0.3 is 0 Å². The summed E-state index contributed by atoms with van der Waals surface area (Å²) in [6, 6.07) is 15.5. The molecule has 0 amide bonds. The third-order valence-electron chi connectivity index (χ3n) is 5.09. The van der Waals surface area contributed by atoms with Gasteiger partial charge in [0.25, 0.3) is 0 Å². The molecule has 0 saturated carbocycles. The first-order valence-electron chi connectivity index (χ1n) is 8.77. The van der Waals surface area contributed by atoms with Crippen LogP contribution in [0.1, 0.15) is 23.7 Å². The van der Waals surface area contributed by atoms with E-state index in [1.807, 2.05) is 24.3 Å². The zero-order chi connectivity index (χ0) is 17.4. The maximum absolute atomic E-state index is 13.0. The van der Waals surface area contributed by atoms with Gasteiger partial charge in [-0.05, 0) is 42.2 Å².